The summed E-state index contributed by atoms with van der Waals surface area (Å²) in [5.74, 6) is -1.35. The van der Waals surface area contributed by atoms with Gasteiger partial charge in [-0.25, -0.2) is 13.2 Å². The first-order valence-electron chi connectivity index (χ1n) is 8.64. The van der Waals surface area contributed by atoms with E-state index in [1.54, 1.807) is 6.92 Å². The number of halogens is 3. The lowest BCUT2D eigenvalue weighted by atomic mass is 9.86. The summed E-state index contributed by atoms with van der Waals surface area (Å²) in [6.45, 7) is 1.54. The molecule has 0 bridgehead atoms. The summed E-state index contributed by atoms with van der Waals surface area (Å²) in [4.78, 5) is 12.2. The lowest BCUT2D eigenvalue weighted by Crippen LogP contribution is -2.43. The Morgan fingerprint density at radius 2 is 1.63 bits per heavy atom. The number of sulfonamides is 1. The molecule has 0 amide bonds. The van der Waals surface area contributed by atoms with Crippen molar-refractivity contribution in [3.8, 4) is 0 Å². The SMILES string of the molecule is CCC(Nc1cccc(NS(C)(=O)=O)c1C=N)(C(=O)O)c1ccc(C(F)(F)F)cc1. The van der Waals surface area contributed by atoms with E-state index in [9.17, 15) is 31.5 Å². The molecule has 4 N–H and O–H groups in total. The molecule has 0 saturated carbocycles. The molecule has 30 heavy (non-hydrogen) atoms. The predicted molar refractivity (Wildman–Crippen MR) is 107 cm³/mol. The lowest BCUT2D eigenvalue weighted by molar-refractivity contribution is -0.142. The highest BCUT2D eigenvalue weighted by molar-refractivity contribution is 7.92. The van der Waals surface area contributed by atoms with Gasteiger partial charge in [0.05, 0.1) is 17.5 Å². The Balaban J connectivity index is 2.58. The molecule has 2 aromatic rings. The van der Waals surface area contributed by atoms with Gasteiger partial charge in [0.15, 0.2) is 5.54 Å². The zero-order valence-corrected chi connectivity index (χ0v) is 16.9. The van der Waals surface area contributed by atoms with Gasteiger partial charge in [0.2, 0.25) is 10.0 Å². The number of anilines is 2. The van der Waals surface area contributed by atoms with Crippen LogP contribution in [0.1, 0.15) is 30.0 Å². The maximum atomic E-state index is 12.9. The molecule has 162 valence electrons. The van der Waals surface area contributed by atoms with Crippen LogP contribution >= 0.6 is 0 Å². The number of rotatable bonds is 8. The third-order valence-electron chi connectivity index (χ3n) is 4.49. The highest BCUT2D eigenvalue weighted by atomic mass is 32.2. The first-order valence-corrected chi connectivity index (χ1v) is 10.5. The third-order valence-corrected chi connectivity index (χ3v) is 5.09. The second-order valence-corrected chi connectivity index (χ2v) is 8.30. The molecule has 0 radical (unpaired) electrons. The average Bonchev–Trinajstić information content (AvgIpc) is 2.64. The average molecular weight is 443 g/mol. The van der Waals surface area contributed by atoms with E-state index in [0.717, 1.165) is 36.7 Å². The van der Waals surface area contributed by atoms with E-state index in [2.05, 4.69) is 10.0 Å². The minimum atomic E-state index is -4.57. The Morgan fingerprint density at radius 3 is 2.07 bits per heavy atom. The summed E-state index contributed by atoms with van der Waals surface area (Å²) in [5.41, 5.74) is -2.40. The number of hydrogen-bond acceptors (Lipinski definition) is 5. The molecule has 0 fully saturated rings. The molecule has 2 aromatic carbocycles. The van der Waals surface area contributed by atoms with Crippen molar-refractivity contribution in [1.29, 1.82) is 5.41 Å². The molecule has 0 aliphatic rings. The number of carbonyl (C=O) groups is 1. The minimum Gasteiger partial charge on any atom is -0.479 e. The monoisotopic (exact) mass is 443 g/mol. The van der Waals surface area contributed by atoms with E-state index in [1.165, 1.54) is 18.2 Å². The van der Waals surface area contributed by atoms with Gasteiger partial charge in [0.25, 0.3) is 0 Å². The van der Waals surface area contributed by atoms with E-state index < -0.39 is 33.3 Å². The van der Waals surface area contributed by atoms with Crippen LogP contribution in [0, 0.1) is 5.41 Å². The summed E-state index contributed by atoms with van der Waals surface area (Å²) >= 11 is 0. The van der Waals surface area contributed by atoms with Crippen molar-refractivity contribution in [2.45, 2.75) is 25.1 Å². The van der Waals surface area contributed by atoms with Crippen LogP contribution in [0.2, 0.25) is 0 Å². The van der Waals surface area contributed by atoms with Crippen LogP contribution in [-0.4, -0.2) is 32.0 Å². The molecule has 0 aromatic heterocycles. The maximum Gasteiger partial charge on any atom is 0.416 e. The zero-order valence-electron chi connectivity index (χ0n) is 16.0. The van der Waals surface area contributed by atoms with Crippen LogP contribution < -0.4 is 10.0 Å². The van der Waals surface area contributed by atoms with Gasteiger partial charge in [-0.05, 0) is 36.2 Å². The summed E-state index contributed by atoms with van der Waals surface area (Å²) in [6.07, 6.45) is -2.83. The molecule has 0 heterocycles. The van der Waals surface area contributed by atoms with Crippen molar-refractivity contribution in [3.63, 3.8) is 0 Å². The van der Waals surface area contributed by atoms with Gasteiger partial charge >= 0.3 is 12.1 Å². The van der Waals surface area contributed by atoms with Crippen molar-refractivity contribution < 1.29 is 31.5 Å². The Labute approximate surface area is 171 Å². The largest absolute Gasteiger partial charge is 0.479 e. The maximum absolute atomic E-state index is 12.9. The van der Waals surface area contributed by atoms with E-state index in [4.69, 9.17) is 5.41 Å². The van der Waals surface area contributed by atoms with Crippen molar-refractivity contribution in [2.75, 3.05) is 16.3 Å². The summed E-state index contributed by atoms with van der Waals surface area (Å²) < 4.78 is 64.0. The number of benzene rings is 2. The number of carboxylic acids is 1. The molecule has 0 saturated heterocycles. The van der Waals surface area contributed by atoms with E-state index in [0.29, 0.717) is 0 Å². The fraction of sp³-hybridized carbons (Fsp3) is 0.263. The van der Waals surface area contributed by atoms with Gasteiger partial charge in [-0.1, -0.05) is 25.1 Å². The molecule has 0 spiro atoms. The van der Waals surface area contributed by atoms with E-state index >= 15 is 0 Å². The first kappa shape index (κ1) is 23.2. The first-order chi connectivity index (χ1) is 13.8. The molecule has 11 heteroatoms. The lowest BCUT2D eigenvalue weighted by Gasteiger charge is -2.32. The summed E-state index contributed by atoms with van der Waals surface area (Å²) in [6, 6.07) is 8.06. The Kier molecular flexibility index (Phi) is 6.45. The molecule has 7 nitrogen and oxygen atoms in total. The number of carboxylic acid groups (broad SMARTS) is 1. The molecule has 0 aliphatic carbocycles. The summed E-state index contributed by atoms with van der Waals surface area (Å²) in [5, 5.41) is 20.4. The van der Waals surface area contributed by atoms with Crippen LogP contribution in [-0.2, 0) is 26.5 Å². The molecular weight excluding hydrogens is 423 g/mol. The zero-order chi connectivity index (χ0) is 22.7. The van der Waals surface area contributed by atoms with Crippen LogP contribution in [0.4, 0.5) is 24.5 Å². The quantitative estimate of drug-likeness (QED) is 0.462. The number of aliphatic carboxylic acids is 1. The predicted octanol–water partition coefficient (Wildman–Crippen LogP) is 3.88. The third kappa shape index (κ3) is 4.90. The van der Waals surface area contributed by atoms with Gasteiger partial charge in [0, 0.05) is 17.5 Å². The van der Waals surface area contributed by atoms with Crippen molar-refractivity contribution >= 4 is 33.6 Å². The van der Waals surface area contributed by atoms with E-state index in [1.807, 2.05) is 0 Å². The normalized spacial score (nSPS) is 13.9. The number of nitrogens with one attached hydrogen (secondary N) is 3. The number of alkyl halides is 3. The van der Waals surface area contributed by atoms with Crippen LogP contribution in [0.15, 0.2) is 42.5 Å². The Morgan fingerprint density at radius 1 is 1.10 bits per heavy atom. The van der Waals surface area contributed by atoms with Crippen molar-refractivity contribution in [1.82, 2.24) is 0 Å². The van der Waals surface area contributed by atoms with Crippen LogP contribution in [0.3, 0.4) is 0 Å². The molecule has 1 atom stereocenters. The van der Waals surface area contributed by atoms with Gasteiger partial charge in [-0.15, -0.1) is 0 Å². The smallest absolute Gasteiger partial charge is 0.416 e. The Hall–Kier alpha value is -3.08. The van der Waals surface area contributed by atoms with Crippen LogP contribution in [0.5, 0.6) is 0 Å². The highest BCUT2D eigenvalue weighted by Crippen LogP contribution is 2.36. The van der Waals surface area contributed by atoms with Gasteiger partial charge in [0.1, 0.15) is 0 Å². The van der Waals surface area contributed by atoms with Crippen molar-refractivity contribution in [3.05, 3.63) is 59.2 Å². The minimum absolute atomic E-state index is 0.0468. The second kappa shape index (κ2) is 8.34. The van der Waals surface area contributed by atoms with Crippen LogP contribution in [0.25, 0.3) is 0 Å². The molecule has 0 aliphatic heterocycles. The highest BCUT2D eigenvalue weighted by Gasteiger charge is 2.40. The van der Waals surface area contributed by atoms with Gasteiger partial charge < -0.3 is 15.8 Å². The standard InChI is InChI=1S/C19H20F3N3O4S/c1-3-18(17(26)27,12-7-9-13(10-8-12)19(20,21)22)24-15-5-4-6-16(14(15)11-23)25-30(2,28)29/h4-11,23-25H,3H2,1-2H3,(H,26,27). The number of hydrogen-bond donors (Lipinski definition) is 4. The topological polar surface area (TPSA) is 119 Å². The van der Waals surface area contributed by atoms with Crippen molar-refractivity contribution in [2.24, 2.45) is 0 Å². The van der Waals surface area contributed by atoms with Gasteiger partial charge in [-0.2, -0.15) is 13.2 Å². The van der Waals surface area contributed by atoms with E-state index in [-0.39, 0.29) is 28.9 Å². The fourth-order valence-corrected chi connectivity index (χ4v) is 3.56. The molecule has 1 unspecified atom stereocenters. The van der Waals surface area contributed by atoms with Gasteiger partial charge in [-0.3, -0.25) is 4.72 Å². The molecule has 2 rings (SSSR count). The second-order valence-electron chi connectivity index (χ2n) is 6.55. The fourth-order valence-electron chi connectivity index (χ4n) is 2.98. The Bertz CT molecular complexity index is 1050. The summed E-state index contributed by atoms with van der Waals surface area (Å²) in [7, 11) is -3.67. The molecular formula is C19H20F3N3O4S.